The summed E-state index contributed by atoms with van der Waals surface area (Å²) >= 11 is 0. The van der Waals surface area contributed by atoms with Crippen LogP contribution in [0.1, 0.15) is 18.4 Å². The molecule has 0 bridgehead atoms. The first kappa shape index (κ1) is 15.9. The number of anilines is 1. The number of rotatable bonds is 4. The number of halogens is 5. The number of hydrazone groups is 1. The Morgan fingerprint density at radius 2 is 1.36 bits per heavy atom. The van der Waals surface area contributed by atoms with E-state index in [-0.39, 0.29) is 5.92 Å². The van der Waals surface area contributed by atoms with Crippen molar-refractivity contribution in [1.29, 1.82) is 0 Å². The third-order valence-electron chi connectivity index (χ3n) is 3.01. The SMILES string of the molecule is C[C@@H](/C=N\Nc1c(F)c(F)c(F)c(F)c1F)c1ccccc1. The Morgan fingerprint density at radius 1 is 0.864 bits per heavy atom. The fourth-order valence-electron chi connectivity index (χ4n) is 1.76. The lowest BCUT2D eigenvalue weighted by Gasteiger charge is -2.08. The maximum atomic E-state index is 13.4. The van der Waals surface area contributed by atoms with Crippen molar-refractivity contribution in [3.8, 4) is 0 Å². The van der Waals surface area contributed by atoms with Gasteiger partial charge in [0.15, 0.2) is 23.3 Å². The predicted molar refractivity (Wildman–Crippen MR) is 73.2 cm³/mol. The zero-order chi connectivity index (χ0) is 16.3. The van der Waals surface area contributed by atoms with Gasteiger partial charge in [0.2, 0.25) is 5.82 Å². The molecule has 22 heavy (non-hydrogen) atoms. The molecule has 0 amide bonds. The maximum Gasteiger partial charge on any atom is 0.200 e. The number of nitrogens with one attached hydrogen (secondary N) is 1. The van der Waals surface area contributed by atoms with Crippen molar-refractivity contribution in [1.82, 2.24) is 0 Å². The van der Waals surface area contributed by atoms with Crippen LogP contribution in [0, 0.1) is 29.1 Å². The van der Waals surface area contributed by atoms with E-state index in [1.165, 1.54) is 6.21 Å². The topological polar surface area (TPSA) is 24.4 Å². The molecule has 0 aliphatic carbocycles. The molecular weight excluding hydrogens is 303 g/mol. The Balaban J connectivity index is 2.20. The van der Waals surface area contributed by atoms with Gasteiger partial charge in [0, 0.05) is 12.1 Å². The maximum absolute atomic E-state index is 13.4. The van der Waals surface area contributed by atoms with E-state index in [1.807, 2.05) is 23.6 Å². The third-order valence-corrected chi connectivity index (χ3v) is 3.01. The molecule has 2 aromatic rings. The fourth-order valence-corrected chi connectivity index (χ4v) is 1.76. The van der Waals surface area contributed by atoms with E-state index in [4.69, 9.17) is 0 Å². The van der Waals surface area contributed by atoms with Gasteiger partial charge in [-0.05, 0) is 5.56 Å². The van der Waals surface area contributed by atoms with Crippen molar-refractivity contribution >= 4 is 11.9 Å². The Labute approximate surface area is 123 Å². The first-order valence-corrected chi connectivity index (χ1v) is 6.29. The first-order valence-electron chi connectivity index (χ1n) is 6.29. The van der Waals surface area contributed by atoms with Crippen molar-refractivity contribution in [2.24, 2.45) is 5.10 Å². The van der Waals surface area contributed by atoms with Crippen LogP contribution in [0.15, 0.2) is 35.4 Å². The lowest BCUT2D eigenvalue weighted by Crippen LogP contribution is -2.07. The minimum atomic E-state index is -2.21. The summed E-state index contributed by atoms with van der Waals surface area (Å²) in [6.45, 7) is 1.76. The summed E-state index contributed by atoms with van der Waals surface area (Å²) in [5.41, 5.74) is 1.56. The van der Waals surface area contributed by atoms with Crippen molar-refractivity contribution in [2.45, 2.75) is 12.8 Å². The summed E-state index contributed by atoms with van der Waals surface area (Å²) in [5, 5.41) is 3.54. The summed E-state index contributed by atoms with van der Waals surface area (Å²) in [5.74, 6) is -10.4. The van der Waals surface area contributed by atoms with E-state index >= 15 is 0 Å². The highest BCUT2D eigenvalue weighted by molar-refractivity contribution is 5.68. The average molecular weight is 314 g/mol. The van der Waals surface area contributed by atoms with Gasteiger partial charge < -0.3 is 0 Å². The molecule has 0 aromatic heterocycles. The standard InChI is InChI=1S/C15H11F5N2/c1-8(9-5-3-2-4-6-9)7-21-22-15-13(19)11(17)10(16)12(18)14(15)20/h2-8,22H,1H3/b21-7-/t8-/m0/s1. The molecule has 7 heteroatoms. The molecule has 0 aliphatic heterocycles. The molecule has 0 fully saturated rings. The van der Waals surface area contributed by atoms with Crippen LogP contribution in [0.2, 0.25) is 0 Å². The predicted octanol–water partition coefficient (Wildman–Crippen LogP) is 4.58. The van der Waals surface area contributed by atoms with Crippen LogP contribution in [0.4, 0.5) is 27.6 Å². The van der Waals surface area contributed by atoms with Crippen molar-refractivity contribution in [2.75, 3.05) is 5.43 Å². The smallest absolute Gasteiger partial charge is 0.200 e. The van der Waals surface area contributed by atoms with Gasteiger partial charge in [-0.2, -0.15) is 5.10 Å². The molecule has 116 valence electrons. The second-order valence-corrected chi connectivity index (χ2v) is 4.53. The zero-order valence-corrected chi connectivity index (χ0v) is 11.4. The Bertz CT molecular complexity index is 672. The average Bonchev–Trinajstić information content (AvgIpc) is 2.55. The van der Waals surface area contributed by atoms with Gasteiger partial charge in [0.25, 0.3) is 0 Å². The number of hydrogen-bond donors (Lipinski definition) is 1. The molecule has 0 aliphatic rings. The van der Waals surface area contributed by atoms with Crippen molar-refractivity contribution in [3.05, 3.63) is 65.0 Å². The van der Waals surface area contributed by atoms with Gasteiger partial charge in [0.1, 0.15) is 5.69 Å². The van der Waals surface area contributed by atoms with E-state index in [9.17, 15) is 22.0 Å². The molecule has 0 heterocycles. The lowest BCUT2D eigenvalue weighted by atomic mass is 10.0. The Hall–Kier alpha value is -2.44. The van der Waals surface area contributed by atoms with E-state index < -0.39 is 34.8 Å². The van der Waals surface area contributed by atoms with Gasteiger partial charge in [-0.25, -0.2) is 22.0 Å². The second-order valence-electron chi connectivity index (χ2n) is 4.53. The highest BCUT2D eigenvalue weighted by atomic mass is 19.2. The zero-order valence-electron chi connectivity index (χ0n) is 11.4. The van der Waals surface area contributed by atoms with Crippen LogP contribution in [-0.4, -0.2) is 6.21 Å². The Kier molecular flexibility index (Phi) is 4.75. The molecule has 1 atom stereocenters. The third kappa shape index (κ3) is 3.08. The van der Waals surface area contributed by atoms with Gasteiger partial charge in [0.05, 0.1) is 0 Å². The summed E-state index contributed by atoms with van der Waals surface area (Å²) in [6.07, 6.45) is 1.30. The van der Waals surface area contributed by atoms with Gasteiger partial charge in [-0.1, -0.05) is 37.3 Å². The minimum Gasteiger partial charge on any atom is -0.273 e. The molecule has 0 unspecified atom stereocenters. The largest absolute Gasteiger partial charge is 0.273 e. The molecule has 0 saturated heterocycles. The molecule has 2 nitrogen and oxygen atoms in total. The van der Waals surface area contributed by atoms with Gasteiger partial charge >= 0.3 is 0 Å². The van der Waals surface area contributed by atoms with E-state index in [2.05, 4.69) is 5.10 Å². The van der Waals surface area contributed by atoms with Crippen LogP contribution < -0.4 is 5.43 Å². The number of benzene rings is 2. The second kappa shape index (κ2) is 6.55. The number of hydrogen-bond acceptors (Lipinski definition) is 2. The van der Waals surface area contributed by atoms with Crippen LogP contribution in [0.3, 0.4) is 0 Å². The van der Waals surface area contributed by atoms with Crippen LogP contribution in [0.5, 0.6) is 0 Å². The quantitative estimate of drug-likeness (QED) is 0.288. The molecule has 0 saturated carbocycles. The van der Waals surface area contributed by atoms with E-state index in [0.717, 1.165) is 5.56 Å². The molecule has 2 rings (SSSR count). The summed E-state index contributed by atoms with van der Waals surface area (Å²) in [4.78, 5) is 0. The van der Waals surface area contributed by atoms with E-state index in [0.29, 0.717) is 0 Å². The molecule has 1 N–H and O–H groups in total. The van der Waals surface area contributed by atoms with Gasteiger partial charge in [-0.15, -0.1) is 0 Å². The summed E-state index contributed by atoms with van der Waals surface area (Å²) < 4.78 is 65.7. The molecule has 0 radical (unpaired) electrons. The molecular formula is C15H11F5N2. The highest BCUT2D eigenvalue weighted by Gasteiger charge is 2.25. The van der Waals surface area contributed by atoms with Crippen LogP contribution in [0.25, 0.3) is 0 Å². The fraction of sp³-hybridized carbons (Fsp3) is 0.133. The van der Waals surface area contributed by atoms with Crippen LogP contribution in [-0.2, 0) is 0 Å². The van der Waals surface area contributed by atoms with Gasteiger partial charge in [-0.3, -0.25) is 5.43 Å². The number of nitrogens with zero attached hydrogens (tertiary/aromatic N) is 1. The minimum absolute atomic E-state index is 0.213. The normalized spacial score (nSPS) is 12.6. The summed E-state index contributed by atoms with van der Waals surface area (Å²) in [7, 11) is 0. The van der Waals surface area contributed by atoms with E-state index in [1.54, 1.807) is 19.1 Å². The lowest BCUT2D eigenvalue weighted by molar-refractivity contribution is 0.381. The molecule has 2 aromatic carbocycles. The summed E-state index contributed by atoms with van der Waals surface area (Å²) in [6, 6.07) is 9.05. The van der Waals surface area contributed by atoms with Crippen molar-refractivity contribution < 1.29 is 22.0 Å². The Morgan fingerprint density at radius 3 is 1.91 bits per heavy atom. The molecule has 0 spiro atoms. The highest BCUT2D eigenvalue weighted by Crippen LogP contribution is 2.27. The first-order chi connectivity index (χ1) is 10.4. The monoisotopic (exact) mass is 314 g/mol. The van der Waals surface area contributed by atoms with Crippen LogP contribution >= 0.6 is 0 Å². The van der Waals surface area contributed by atoms with Crippen molar-refractivity contribution in [3.63, 3.8) is 0 Å².